The largest absolute Gasteiger partial charge is 0.298 e. The van der Waals surface area contributed by atoms with Crippen LogP contribution in [0, 0.1) is 11.6 Å². The number of benzene rings is 2. The van der Waals surface area contributed by atoms with Crippen molar-refractivity contribution in [2.24, 2.45) is 0 Å². The highest BCUT2D eigenvalue weighted by molar-refractivity contribution is 7.80. The highest BCUT2D eigenvalue weighted by atomic mass is 32.1. The molecule has 2 amide bonds. The van der Waals surface area contributed by atoms with Crippen molar-refractivity contribution in [3.05, 3.63) is 71.3 Å². The molecular formula is C17H10F2N2O2S. The fourth-order valence-electron chi connectivity index (χ4n) is 2.25. The van der Waals surface area contributed by atoms with Crippen LogP contribution in [0.3, 0.4) is 0 Å². The van der Waals surface area contributed by atoms with Crippen LogP contribution in [0.4, 0.5) is 14.5 Å². The van der Waals surface area contributed by atoms with E-state index in [0.29, 0.717) is 11.3 Å². The Morgan fingerprint density at radius 2 is 1.71 bits per heavy atom. The second-order valence-electron chi connectivity index (χ2n) is 4.99. The Labute approximate surface area is 141 Å². The van der Waals surface area contributed by atoms with Crippen molar-refractivity contribution in [2.45, 2.75) is 0 Å². The molecule has 1 aliphatic heterocycles. The molecule has 1 heterocycles. The van der Waals surface area contributed by atoms with Gasteiger partial charge in [-0.05, 0) is 60.3 Å². The third-order valence-corrected chi connectivity index (χ3v) is 3.63. The number of amides is 2. The highest BCUT2D eigenvalue weighted by Crippen LogP contribution is 2.22. The van der Waals surface area contributed by atoms with E-state index in [-0.39, 0.29) is 10.7 Å². The van der Waals surface area contributed by atoms with Gasteiger partial charge >= 0.3 is 0 Å². The van der Waals surface area contributed by atoms with Gasteiger partial charge in [0.2, 0.25) is 0 Å². The fraction of sp³-hybridized carbons (Fsp3) is 0. The van der Waals surface area contributed by atoms with E-state index in [1.165, 1.54) is 48.5 Å². The van der Waals surface area contributed by atoms with Crippen LogP contribution in [0.15, 0.2) is 54.1 Å². The first-order chi connectivity index (χ1) is 11.5. The molecule has 1 N–H and O–H groups in total. The average molecular weight is 344 g/mol. The molecule has 120 valence electrons. The van der Waals surface area contributed by atoms with Crippen LogP contribution >= 0.6 is 12.2 Å². The number of nitrogens with zero attached hydrogens (tertiary/aromatic N) is 1. The number of carbonyl (C=O) groups excluding carboxylic acids is 2. The molecule has 0 atom stereocenters. The summed E-state index contributed by atoms with van der Waals surface area (Å²) in [5.74, 6) is -2.29. The summed E-state index contributed by atoms with van der Waals surface area (Å²) in [7, 11) is 0. The standard InChI is InChI=1S/C17H10F2N2O2S/c18-11-4-6-13(7-5-11)21-16(23)14(15(22)20-17(21)24)9-10-2-1-3-12(19)8-10/h1-9H,(H,20,22,24)/b14-9-. The molecular weight excluding hydrogens is 334 g/mol. The summed E-state index contributed by atoms with van der Waals surface area (Å²) in [6.45, 7) is 0. The lowest BCUT2D eigenvalue weighted by atomic mass is 10.1. The number of halogens is 2. The molecule has 1 saturated heterocycles. The third kappa shape index (κ3) is 3.07. The first-order valence-electron chi connectivity index (χ1n) is 6.88. The van der Waals surface area contributed by atoms with Crippen LogP contribution in [0.25, 0.3) is 6.08 Å². The number of hydrogen-bond acceptors (Lipinski definition) is 3. The van der Waals surface area contributed by atoms with Gasteiger partial charge in [0.15, 0.2) is 5.11 Å². The molecule has 0 spiro atoms. The molecule has 4 nitrogen and oxygen atoms in total. The van der Waals surface area contributed by atoms with Crippen molar-refractivity contribution in [2.75, 3.05) is 4.90 Å². The maximum atomic E-state index is 13.3. The predicted octanol–water partition coefficient (Wildman–Crippen LogP) is 2.80. The molecule has 0 saturated carbocycles. The van der Waals surface area contributed by atoms with Gasteiger partial charge in [-0.2, -0.15) is 0 Å². The summed E-state index contributed by atoms with van der Waals surface area (Å²) in [6.07, 6.45) is 1.28. The minimum Gasteiger partial charge on any atom is -0.298 e. The second kappa shape index (κ2) is 6.29. The summed E-state index contributed by atoms with van der Waals surface area (Å²) in [4.78, 5) is 25.8. The number of nitrogens with one attached hydrogen (secondary N) is 1. The zero-order chi connectivity index (χ0) is 17.3. The van der Waals surface area contributed by atoms with Crippen LogP contribution < -0.4 is 10.2 Å². The Balaban J connectivity index is 2.01. The third-order valence-electron chi connectivity index (χ3n) is 3.35. The van der Waals surface area contributed by atoms with Gasteiger partial charge in [-0.3, -0.25) is 19.8 Å². The molecule has 7 heteroatoms. The van der Waals surface area contributed by atoms with Gasteiger partial charge in [-0.1, -0.05) is 12.1 Å². The summed E-state index contributed by atoms with van der Waals surface area (Å²) in [5, 5.41) is 2.30. The molecule has 3 rings (SSSR count). The number of thiocarbonyl (C=S) groups is 1. The van der Waals surface area contributed by atoms with E-state index in [1.54, 1.807) is 6.07 Å². The molecule has 0 aromatic heterocycles. The Bertz CT molecular complexity index is 878. The average Bonchev–Trinajstić information content (AvgIpc) is 2.53. The van der Waals surface area contributed by atoms with Crippen LogP contribution in [0.2, 0.25) is 0 Å². The Kier molecular flexibility index (Phi) is 4.18. The lowest BCUT2D eigenvalue weighted by molar-refractivity contribution is -0.122. The molecule has 0 radical (unpaired) electrons. The number of rotatable bonds is 2. The van der Waals surface area contributed by atoms with Crippen LogP contribution in [0.1, 0.15) is 5.56 Å². The number of hydrogen-bond donors (Lipinski definition) is 1. The predicted molar refractivity (Wildman–Crippen MR) is 89.0 cm³/mol. The molecule has 0 aliphatic carbocycles. The van der Waals surface area contributed by atoms with E-state index in [4.69, 9.17) is 12.2 Å². The lowest BCUT2D eigenvalue weighted by Gasteiger charge is -2.28. The van der Waals surface area contributed by atoms with E-state index >= 15 is 0 Å². The fourth-order valence-corrected chi connectivity index (χ4v) is 2.53. The maximum absolute atomic E-state index is 13.3. The second-order valence-corrected chi connectivity index (χ2v) is 5.38. The van der Waals surface area contributed by atoms with Crippen LogP contribution in [0.5, 0.6) is 0 Å². The number of carbonyl (C=O) groups is 2. The van der Waals surface area contributed by atoms with Gasteiger partial charge in [0, 0.05) is 0 Å². The Hall–Kier alpha value is -2.93. The van der Waals surface area contributed by atoms with E-state index in [9.17, 15) is 18.4 Å². The zero-order valence-electron chi connectivity index (χ0n) is 12.1. The first kappa shape index (κ1) is 15.9. The van der Waals surface area contributed by atoms with Gasteiger partial charge in [0.05, 0.1) is 5.69 Å². The monoisotopic (exact) mass is 344 g/mol. The van der Waals surface area contributed by atoms with Crippen molar-refractivity contribution >= 4 is 40.9 Å². The minimum atomic E-state index is -0.673. The van der Waals surface area contributed by atoms with Crippen molar-refractivity contribution in [1.82, 2.24) is 5.32 Å². The van der Waals surface area contributed by atoms with Crippen LogP contribution in [-0.2, 0) is 9.59 Å². The molecule has 0 bridgehead atoms. The summed E-state index contributed by atoms with van der Waals surface area (Å²) < 4.78 is 26.3. The van der Waals surface area contributed by atoms with Crippen LogP contribution in [-0.4, -0.2) is 16.9 Å². The molecule has 1 fully saturated rings. The van der Waals surface area contributed by atoms with Crippen molar-refractivity contribution in [1.29, 1.82) is 0 Å². The summed E-state index contributed by atoms with van der Waals surface area (Å²) in [5.41, 5.74) is 0.482. The van der Waals surface area contributed by atoms with Gasteiger partial charge in [0.1, 0.15) is 17.2 Å². The van der Waals surface area contributed by atoms with Crippen molar-refractivity contribution in [3.63, 3.8) is 0 Å². The van der Waals surface area contributed by atoms with Crippen molar-refractivity contribution in [3.8, 4) is 0 Å². The Morgan fingerprint density at radius 1 is 1.00 bits per heavy atom. The molecule has 1 aliphatic rings. The first-order valence-corrected chi connectivity index (χ1v) is 7.29. The zero-order valence-corrected chi connectivity index (χ0v) is 12.9. The minimum absolute atomic E-state index is 0.104. The molecule has 24 heavy (non-hydrogen) atoms. The SMILES string of the molecule is O=C1NC(=S)N(c2ccc(F)cc2)C(=O)/C1=C\c1cccc(F)c1. The van der Waals surface area contributed by atoms with E-state index in [1.807, 2.05) is 0 Å². The maximum Gasteiger partial charge on any atom is 0.270 e. The molecule has 0 unspecified atom stereocenters. The van der Waals surface area contributed by atoms with Gasteiger partial charge in [-0.15, -0.1) is 0 Å². The van der Waals surface area contributed by atoms with Gasteiger partial charge in [-0.25, -0.2) is 8.78 Å². The van der Waals surface area contributed by atoms with E-state index in [2.05, 4.69) is 5.32 Å². The smallest absolute Gasteiger partial charge is 0.270 e. The normalized spacial score (nSPS) is 16.5. The van der Waals surface area contributed by atoms with Crippen molar-refractivity contribution < 1.29 is 18.4 Å². The highest BCUT2D eigenvalue weighted by Gasteiger charge is 2.34. The Morgan fingerprint density at radius 3 is 2.38 bits per heavy atom. The summed E-state index contributed by atoms with van der Waals surface area (Å²) >= 11 is 5.03. The lowest BCUT2D eigenvalue weighted by Crippen LogP contribution is -2.54. The number of anilines is 1. The summed E-state index contributed by atoms with van der Waals surface area (Å²) in [6, 6.07) is 10.6. The van der Waals surface area contributed by atoms with E-state index < -0.39 is 23.4 Å². The molecule has 2 aromatic rings. The molecule has 2 aromatic carbocycles. The topological polar surface area (TPSA) is 49.4 Å². The van der Waals surface area contributed by atoms with Gasteiger partial charge in [0.25, 0.3) is 11.8 Å². The van der Waals surface area contributed by atoms with Gasteiger partial charge < -0.3 is 0 Å². The quantitative estimate of drug-likeness (QED) is 0.518. The van der Waals surface area contributed by atoms with E-state index in [0.717, 1.165) is 4.90 Å².